The van der Waals surface area contributed by atoms with Crippen molar-refractivity contribution in [1.29, 1.82) is 0 Å². The van der Waals surface area contributed by atoms with Gasteiger partial charge in [0.25, 0.3) is 0 Å². The summed E-state index contributed by atoms with van der Waals surface area (Å²) in [5.41, 5.74) is 3.39. The monoisotopic (exact) mass is 455 g/mol. The third kappa shape index (κ3) is 4.91. The fourth-order valence-electron chi connectivity index (χ4n) is 2.85. The van der Waals surface area contributed by atoms with Crippen LogP contribution in [0.4, 0.5) is 16.6 Å². The Balaban J connectivity index is 1.48. The molecule has 0 aliphatic carbocycles. The van der Waals surface area contributed by atoms with Crippen molar-refractivity contribution in [3.8, 4) is 0 Å². The van der Waals surface area contributed by atoms with Gasteiger partial charge >= 0.3 is 5.97 Å². The number of pyridine rings is 2. The number of rotatable bonds is 7. The molecule has 0 saturated carbocycles. The van der Waals surface area contributed by atoms with Gasteiger partial charge in [0.15, 0.2) is 5.13 Å². The first-order chi connectivity index (χ1) is 15.1. The molecule has 0 aliphatic rings. The summed E-state index contributed by atoms with van der Waals surface area (Å²) < 4.78 is 4.75. The predicted molar refractivity (Wildman–Crippen MR) is 121 cm³/mol. The molecule has 3 N–H and O–H groups in total. The molecule has 0 bridgehead atoms. The molecule has 0 unspecified atom stereocenters. The number of fused-ring (bicyclic) bond motifs is 1. The number of carbonyl (C=O) groups excluding carboxylic acids is 1. The molecule has 0 saturated heterocycles. The first kappa shape index (κ1) is 21.0. The molecule has 31 heavy (non-hydrogen) atoms. The summed E-state index contributed by atoms with van der Waals surface area (Å²) in [6.45, 7) is 0.405. The first-order valence-corrected chi connectivity index (χ1v) is 10.5. The van der Waals surface area contributed by atoms with Crippen LogP contribution in [-0.4, -0.2) is 33.1 Å². The molecule has 3 heterocycles. The summed E-state index contributed by atoms with van der Waals surface area (Å²) in [7, 11) is 1.31. The second-order valence-corrected chi connectivity index (χ2v) is 7.90. The molecular formula is C21H18ClN5O3S. The van der Waals surface area contributed by atoms with Crippen molar-refractivity contribution in [2.45, 2.75) is 13.2 Å². The minimum absolute atomic E-state index is 0.0519. The van der Waals surface area contributed by atoms with Crippen LogP contribution in [0.25, 0.3) is 10.3 Å². The lowest BCUT2D eigenvalue weighted by molar-refractivity contribution is 0.0601. The Morgan fingerprint density at radius 1 is 1.19 bits per heavy atom. The topological polar surface area (TPSA) is 109 Å². The van der Waals surface area contributed by atoms with Gasteiger partial charge in [0.1, 0.15) is 16.2 Å². The van der Waals surface area contributed by atoms with Crippen LogP contribution in [0, 0.1) is 0 Å². The van der Waals surface area contributed by atoms with Gasteiger partial charge in [-0.2, -0.15) is 0 Å². The molecule has 4 rings (SSSR count). The van der Waals surface area contributed by atoms with Crippen LogP contribution >= 0.6 is 22.9 Å². The molecule has 0 fully saturated rings. The first-order valence-electron chi connectivity index (χ1n) is 9.26. The van der Waals surface area contributed by atoms with E-state index in [1.165, 1.54) is 18.4 Å². The van der Waals surface area contributed by atoms with E-state index in [0.29, 0.717) is 28.1 Å². The van der Waals surface area contributed by atoms with E-state index in [9.17, 15) is 9.90 Å². The zero-order chi connectivity index (χ0) is 21.8. The third-order valence-electron chi connectivity index (χ3n) is 4.40. The maximum absolute atomic E-state index is 11.8. The fraction of sp³-hybridized carbons (Fsp3) is 0.143. The number of thiazole rings is 1. The van der Waals surface area contributed by atoms with Crippen molar-refractivity contribution in [3.05, 3.63) is 70.5 Å². The summed E-state index contributed by atoms with van der Waals surface area (Å²) in [6, 6.07) is 12.4. The van der Waals surface area contributed by atoms with Crippen molar-refractivity contribution in [3.63, 3.8) is 0 Å². The van der Waals surface area contributed by atoms with Crippen LogP contribution in [0.2, 0.25) is 5.02 Å². The number of nitrogens with one attached hydrogen (secondary N) is 2. The highest BCUT2D eigenvalue weighted by Gasteiger charge is 2.12. The van der Waals surface area contributed by atoms with E-state index in [-0.39, 0.29) is 6.61 Å². The molecule has 1 aromatic carbocycles. The maximum Gasteiger partial charge on any atom is 0.339 e. The lowest BCUT2D eigenvalue weighted by atomic mass is 10.2. The summed E-state index contributed by atoms with van der Waals surface area (Å²) in [6.07, 6.45) is 1.63. The molecule has 3 aromatic heterocycles. The number of hydrogen-bond acceptors (Lipinski definition) is 9. The largest absolute Gasteiger partial charge is 0.465 e. The Hall–Kier alpha value is -3.27. The number of halogens is 1. The Labute approximate surface area is 186 Å². The second-order valence-electron chi connectivity index (χ2n) is 6.52. The van der Waals surface area contributed by atoms with Crippen LogP contribution in [0.15, 0.2) is 48.7 Å². The zero-order valence-electron chi connectivity index (χ0n) is 16.4. The van der Waals surface area contributed by atoms with E-state index in [1.807, 2.05) is 12.1 Å². The molecule has 158 valence electrons. The number of methoxy groups -OCH3 is 1. The van der Waals surface area contributed by atoms with Crippen LogP contribution in [0.1, 0.15) is 21.6 Å². The number of esters is 1. The van der Waals surface area contributed by atoms with Crippen molar-refractivity contribution >= 4 is 55.9 Å². The summed E-state index contributed by atoms with van der Waals surface area (Å²) in [5.74, 6) is 0.119. The highest BCUT2D eigenvalue weighted by atomic mass is 35.5. The average molecular weight is 456 g/mol. The number of carbonyl (C=O) groups is 1. The summed E-state index contributed by atoms with van der Waals surface area (Å²) in [4.78, 5) is 26.0. The summed E-state index contributed by atoms with van der Waals surface area (Å²) in [5, 5.41) is 16.6. The molecule has 0 spiro atoms. The Bertz CT molecular complexity index is 1250. The number of aliphatic hydroxyl groups excluding tert-OH is 1. The van der Waals surface area contributed by atoms with Gasteiger partial charge in [-0.25, -0.2) is 19.7 Å². The van der Waals surface area contributed by atoms with E-state index >= 15 is 0 Å². The third-order valence-corrected chi connectivity index (χ3v) is 5.61. The SMILES string of the molecule is COC(=O)c1cc(NCc2ccc3nc(Nc4cc(CO)ccn4)sc3n2)ccc1Cl. The smallest absolute Gasteiger partial charge is 0.339 e. The van der Waals surface area contributed by atoms with Crippen LogP contribution in [-0.2, 0) is 17.9 Å². The Kier molecular flexibility index (Phi) is 6.26. The van der Waals surface area contributed by atoms with Crippen LogP contribution in [0.3, 0.4) is 0 Å². The number of benzene rings is 1. The average Bonchev–Trinajstić information content (AvgIpc) is 3.19. The molecule has 8 nitrogen and oxygen atoms in total. The Morgan fingerprint density at radius 3 is 2.87 bits per heavy atom. The van der Waals surface area contributed by atoms with Gasteiger partial charge in [0, 0.05) is 11.9 Å². The second kappa shape index (κ2) is 9.25. The van der Waals surface area contributed by atoms with Gasteiger partial charge in [0.05, 0.1) is 36.5 Å². The predicted octanol–water partition coefficient (Wildman–Crippen LogP) is 4.37. The maximum atomic E-state index is 11.8. The highest BCUT2D eigenvalue weighted by molar-refractivity contribution is 7.21. The molecular weight excluding hydrogens is 438 g/mol. The molecule has 0 aliphatic heterocycles. The van der Waals surface area contributed by atoms with Crippen molar-refractivity contribution < 1.29 is 14.6 Å². The molecule has 0 atom stereocenters. The van der Waals surface area contributed by atoms with Gasteiger partial charge in [-0.1, -0.05) is 22.9 Å². The number of ether oxygens (including phenoxy) is 1. The minimum atomic E-state index is -0.489. The lowest BCUT2D eigenvalue weighted by Crippen LogP contribution is -2.05. The van der Waals surface area contributed by atoms with Gasteiger partial charge in [-0.05, 0) is 48.0 Å². The van der Waals surface area contributed by atoms with Gasteiger partial charge in [0.2, 0.25) is 0 Å². The quantitative estimate of drug-likeness (QED) is 0.352. The van der Waals surface area contributed by atoms with Gasteiger partial charge < -0.3 is 20.5 Å². The highest BCUT2D eigenvalue weighted by Crippen LogP contribution is 2.27. The van der Waals surface area contributed by atoms with Crippen molar-refractivity contribution in [2.75, 3.05) is 17.7 Å². The number of anilines is 3. The molecule has 4 aromatic rings. The molecule has 10 heteroatoms. The van der Waals surface area contributed by atoms with E-state index < -0.39 is 5.97 Å². The number of aliphatic hydroxyl groups is 1. The van der Waals surface area contributed by atoms with E-state index in [2.05, 4.69) is 25.6 Å². The Morgan fingerprint density at radius 2 is 2.06 bits per heavy atom. The minimum Gasteiger partial charge on any atom is -0.465 e. The lowest BCUT2D eigenvalue weighted by Gasteiger charge is -2.09. The standard InChI is InChI=1S/C21H18ClN5O3S/c1-30-20(29)15-9-13(2-4-16(15)22)24-10-14-3-5-17-19(25-14)31-21(26-17)27-18-8-12(11-28)6-7-23-18/h2-9,24,28H,10-11H2,1H3,(H,23,26,27). The fourth-order valence-corrected chi connectivity index (χ4v) is 3.91. The van der Waals surface area contributed by atoms with Crippen molar-refractivity contribution in [2.24, 2.45) is 0 Å². The van der Waals surface area contributed by atoms with E-state index in [0.717, 1.165) is 27.3 Å². The normalized spacial score (nSPS) is 10.8. The van der Waals surface area contributed by atoms with E-state index in [1.54, 1.807) is 36.5 Å². The van der Waals surface area contributed by atoms with Crippen LogP contribution in [0.5, 0.6) is 0 Å². The molecule has 0 amide bonds. The van der Waals surface area contributed by atoms with Crippen molar-refractivity contribution in [1.82, 2.24) is 15.0 Å². The van der Waals surface area contributed by atoms with Gasteiger partial charge in [-0.3, -0.25) is 0 Å². The van der Waals surface area contributed by atoms with Gasteiger partial charge in [-0.15, -0.1) is 0 Å². The zero-order valence-corrected chi connectivity index (χ0v) is 18.0. The van der Waals surface area contributed by atoms with E-state index in [4.69, 9.17) is 16.3 Å². The van der Waals surface area contributed by atoms with Crippen LogP contribution < -0.4 is 10.6 Å². The number of nitrogens with zero attached hydrogens (tertiary/aromatic N) is 3. The summed E-state index contributed by atoms with van der Waals surface area (Å²) >= 11 is 7.47. The molecule has 0 radical (unpaired) electrons. The number of hydrogen-bond donors (Lipinski definition) is 3. The number of aromatic nitrogens is 3.